The van der Waals surface area contributed by atoms with E-state index in [4.69, 9.17) is 0 Å². The average Bonchev–Trinajstić information content (AvgIpc) is 2.57. The molecule has 0 aromatic carbocycles. The van der Waals surface area contributed by atoms with Gasteiger partial charge in [0.15, 0.2) is 6.29 Å². The molecule has 4 heteroatoms. The van der Waals surface area contributed by atoms with E-state index in [1.807, 2.05) is 42.7 Å². The molecule has 0 saturated carbocycles. The van der Waals surface area contributed by atoms with Gasteiger partial charge in [-0.1, -0.05) is 55.5 Å². The zero-order valence-corrected chi connectivity index (χ0v) is 14.5. The molecular weight excluding hydrogens is 302 g/mol. The van der Waals surface area contributed by atoms with E-state index in [1.54, 1.807) is 6.08 Å². The van der Waals surface area contributed by atoms with Gasteiger partial charge in [0.25, 0.3) is 0 Å². The molecule has 0 N–H and O–H groups in total. The van der Waals surface area contributed by atoms with Crippen molar-refractivity contribution in [1.82, 2.24) is 0 Å². The monoisotopic (exact) mass is 330 g/mol. The van der Waals surface area contributed by atoms with Gasteiger partial charge in [-0.05, 0) is 44.6 Å². The van der Waals surface area contributed by atoms with Crippen LogP contribution in [0.2, 0.25) is 0 Å². The van der Waals surface area contributed by atoms with E-state index in [1.165, 1.54) is 0 Å². The molecule has 24 heavy (non-hydrogen) atoms. The smallest absolute Gasteiger partial charge is 0.246 e. The summed E-state index contributed by atoms with van der Waals surface area (Å²) in [5, 5.41) is 11.0. The van der Waals surface area contributed by atoms with E-state index in [-0.39, 0.29) is 10.6 Å². The summed E-state index contributed by atoms with van der Waals surface area (Å²) in [4.78, 5) is 20.7. The molecule has 0 aromatic rings. The van der Waals surface area contributed by atoms with Gasteiger partial charge in [-0.15, -0.1) is 0 Å². The first-order chi connectivity index (χ1) is 11.7. The second-order valence-corrected chi connectivity index (χ2v) is 5.19. The normalized spacial score (nSPS) is 13.0. The van der Waals surface area contributed by atoms with E-state index >= 15 is 0 Å². The van der Waals surface area contributed by atoms with Crippen LogP contribution < -0.4 is 0 Å². The maximum Gasteiger partial charge on any atom is 0.246 e. The molecule has 0 atom stereocenters. The Bertz CT molecular complexity index is 485. The molecule has 0 spiro atoms. The lowest BCUT2D eigenvalue weighted by Crippen LogP contribution is -1.97. The Morgan fingerprint density at radius 3 is 2.25 bits per heavy atom. The van der Waals surface area contributed by atoms with Gasteiger partial charge in [0.2, 0.25) is 5.70 Å². The summed E-state index contributed by atoms with van der Waals surface area (Å²) in [5.41, 5.74) is 0.232. The maximum atomic E-state index is 11.0. The highest BCUT2D eigenvalue weighted by Gasteiger charge is 2.06. The summed E-state index contributed by atoms with van der Waals surface area (Å²) < 4.78 is 0. The molecule has 0 aromatic heterocycles. The van der Waals surface area contributed by atoms with Crippen molar-refractivity contribution in [2.45, 2.75) is 58.3 Å². The van der Waals surface area contributed by atoms with Crippen LogP contribution in [-0.4, -0.2) is 11.2 Å². The molecule has 0 bridgehead atoms. The van der Waals surface area contributed by atoms with E-state index in [9.17, 15) is 14.9 Å². The standard InChI is InChI=1S/C20H28NO3/c1-2-3-4-5-11-14-17-20(21(23)24)18-15-12-9-7-6-8-10-13-16-19-22/h3-4,6,8-9,11-12,14,18H,2,5,7,10,13,15-17H2,1H3/b4-3-,8-6-,12-9-,14-11-,20-18+. The molecule has 131 valence electrons. The van der Waals surface area contributed by atoms with Gasteiger partial charge in [0.05, 0.1) is 11.3 Å². The van der Waals surface area contributed by atoms with Gasteiger partial charge < -0.3 is 0 Å². The first kappa shape index (κ1) is 21.8. The topological polar surface area (TPSA) is 60.2 Å². The lowest BCUT2D eigenvalue weighted by molar-refractivity contribution is -0.427. The van der Waals surface area contributed by atoms with Gasteiger partial charge in [-0.3, -0.25) is 14.9 Å². The Morgan fingerprint density at radius 1 is 0.958 bits per heavy atom. The number of nitrogens with zero attached hydrogens (tertiary/aromatic N) is 1. The predicted molar refractivity (Wildman–Crippen MR) is 99.9 cm³/mol. The maximum absolute atomic E-state index is 11.0. The molecule has 0 amide bonds. The van der Waals surface area contributed by atoms with Crippen molar-refractivity contribution < 1.29 is 9.72 Å². The van der Waals surface area contributed by atoms with Crippen LogP contribution in [0, 0.1) is 10.1 Å². The van der Waals surface area contributed by atoms with Gasteiger partial charge in [-0.2, -0.15) is 0 Å². The number of allylic oxidation sites excluding steroid dienone is 9. The van der Waals surface area contributed by atoms with Crippen molar-refractivity contribution in [2.75, 3.05) is 0 Å². The largest absolute Gasteiger partial charge is 0.291 e. The van der Waals surface area contributed by atoms with Gasteiger partial charge in [0.1, 0.15) is 0 Å². The lowest BCUT2D eigenvalue weighted by atomic mass is 10.2. The van der Waals surface area contributed by atoms with Crippen LogP contribution in [0.3, 0.4) is 0 Å². The fraction of sp³-hybridized carbons (Fsp3) is 0.450. The predicted octanol–water partition coefficient (Wildman–Crippen LogP) is 5.62. The Labute approximate surface area is 145 Å². The van der Waals surface area contributed by atoms with Crippen molar-refractivity contribution in [1.29, 1.82) is 0 Å². The SMILES string of the molecule is CC/C=C\C/C=C\C/C(=C\C/C=C\C/C=C\CCC[C]=O)[N+](=O)[O-]. The Morgan fingerprint density at radius 2 is 1.58 bits per heavy atom. The highest BCUT2D eigenvalue weighted by atomic mass is 16.6. The van der Waals surface area contributed by atoms with Crippen LogP contribution in [0.1, 0.15) is 58.3 Å². The summed E-state index contributed by atoms with van der Waals surface area (Å²) in [6.07, 6.45) is 25.2. The van der Waals surface area contributed by atoms with Crippen molar-refractivity contribution in [3.05, 3.63) is 70.5 Å². The summed E-state index contributed by atoms with van der Waals surface area (Å²) in [6, 6.07) is 0. The van der Waals surface area contributed by atoms with E-state index in [0.717, 1.165) is 32.1 Å². The van der Waals surface area contributed by atoms with Crippen LogP contribution in [0.15, 0.2) is 60.4 Å². The Kier molecular flexibility index (Phi) is 15.5. The van der Waals surface area contributed by atoms with Crippen LogP contribution in [0.25, 0.3) is 0 Å². The molecule has 0 aliphatic carbocycles. The highest BCUT2D eigenvalue weighted by Crippen LogP contribution is 2.06. The number of hydrogen-bond acceptors (Lipinski definition) is 3. The van der Waals surface area contributed by atoms with Gasteiger partial charge in [0, 0.05) is 6.42 Å². The molecule has 0 aliphatic heterocycles. The fourth-order valence-electron chi connectivity index (χ4n) is 1.86. The molecule has 4 nitrogen and oxygen atoms in total. The summed E-state index contributed by atoms with van der Waals surface area (Å²) >= 11 is 0. The van der Waals surface area contributed by atoms with Crippen molar-refractivity contribution >= 4 is 6.29 Å². The third-order valence-corrected chi connectivity index (χ3v) is 3.15. The van der Waals surface area contributed by atoms with Crippen molar-refractivity contribution in [3.8, 4) is 0 Å². The quantitative estimate of drug-likeness (QED) is 0.180. The summed E-state index contributed by atoms with van der Waals surface area (Å²) in [7, 11) is 0. The Balaban J connectivity index is 4.06. The third kappa shape index (κ3) is 14.7. The second-order valence-electron chi connectivity index (χ2n) is 5.19. The number of rotatable bonds is 14. The molecule has 0 rings (SSSR count). The minimum atomic E-state index is -0.315. The minimum absolute atomic E-state index is 0.232. The summed E-state index contributed by atoms with van der Waals surface area (Å²) in [5.74, 6) is 0. The third-order valence-electron chi connectivity index (χ3n) is 3.15. The van der Waals surface area contributed by atoms with Crippen LogP contribution >= 0.6 is 0 Å². The number of hydrogen-bond donors (Lipinski definition) is 0. The second kappa shape index (κ2) is 17.1. The Hall–Kier alpha value is -2.23. The first-order valence-corrected chi connectivity index (χ1v) is 8.50. The molecule has 0 aliphatic rings. The van der Waals surface area contributed by atoms with Crippen LogP contribution in [0.5, 0.6) is 0 Å². The van der Waals surface area contributed by atoms with E-state index in [0.29, 0.717) is 19.3 Å². The zero-order chi connectivity index (χ0) is 17.9. The van der Waals surface area contributed by atoms with E-state index in [2.05, 4.69) is 19.1 Å². The zero-order valence-electron chi connectivity index (χ0n) is 14.5. The summed E-state index contributed by atoms with van der Waals surface area (Å²) in [6.45, 7) is 2.07. The highest BCUT2D eigenvalue weighted by molar-refractivity contribution is 5.50. The average molecular weight is 330 g/mol. The number of unbranched alkanes of at least 4 members (excludes halogenated alkanes) is 2. The van der Waals surface area contributed by atoms with Crippen LogP contribution in [0.4, 0.5) is 0 Å². The number of carbonyl (C=O) groups excluding carboxylic acids is 1. The first-order valence-electron chi connectivity index (χ1n) is 8.50. The van der Waals surface area contributed by atoms with Gasteiger partial charge in [-0.25, -0.2) is 0 Å². The molecule has 0 saturated heterocycles. The van der Waals surface area contributed by atoms with Crippen LogP contribution in [-0.2, 0) is 4.79 Å². The van der Waals surface area contributed by atoms with Gasteiger partial charge >= 0.3 is 0 Å². The van der Waals surface area contributed by atoms with Crippen molar-refractivity contribution in [3.63, 3.8) is 0 Å². The molecule has 0 unspecified atom stereocenters. The molecular formula is C20H28NO3. The molecule has 0 heterocycles. The lowest BCUT2D eigenvalue weighted by Gasteiger charge is -1.93. The van der Waals surface area contributed by atoms with E-state index < -0.39 is 0 Å². The molecule has 0 fully saturated rings. The molecule has 1 radical (unpaired) electrons. The number of nitro groups is 1. The van der Waals surface area contributed by atoms with Crippen molar-refractivity contribution in [2.24, 2.45) is 0 Å². The minimum Gasteiger partial charge on any atom is -0.291 e. The fourth-order valence-corrected chi connectivity index (χ4v) is 1.86.